The summed E-state index contributed by atoms with van der Waals surface area (Å²) in [7, 11) is 0. The molecule has 2 aromatic rings. The molecule has 2 heterocycles. The van der Waals surface area contributed by atoms with Crippen LogP contribution < -0.4 is 15.8 Å². The summed E-state index contributed by atoms with van der Waals surface area (Å²) in [5.41, 5.74) is 6.89. The first-order valence-electron chi connectivity index (χ1n) is 7.89. The maximum Gasteiger partial charge on any atom is 0.213 e. The maximum absolute atomic E-state index is 5.90. The summed E-state index contributed by atoms with van der Waals surface area (Å²) in [6.45, 7) is 0.467. The third-order valence-corrected chi connectivity index (χ3v) is 3.74. The van der Waals surface area contributed by atoms with Crippen molar-refractivity contribution in [3.63, 3.8) is 0 Å². The van der Waals surface area contributed by atoms with E-state index >= 15 is 0 Å². The lowest BCUT2D eigenvalue weighted by molar-refractivity contribution is 0.201. The van der Waals surface area contributed by atoms with Gasteiger partial charge < -0.3 is 15.8 Å². The molecule has 0 saturated heterocycles. The molecule has 120 valence electrons. The van der Waals surface area contributed by atoms with E-state index in [0.29, 0.717) is 30.3 Å². The van der Waals surface area contributed by atoms with E-state index in [4.69, 9.17) is 10.5 Å². The van der Waals surface area contributed by atoms with Gasteiger partial charge in [-0.05, 0) is 49.4 Å². The van der Waals surface area contributed by atoms with Gasteiger partial charge in [0.2, 0.25) is 5.88 Å². The minimum Gasteiger partial charge on any atom is -0.474 e. The zero-order valence-electron chi connectivity index (χ0n) is 13.0. The highest BCUT2D eigenvalue weighted by atomic mass is 16.5. The van der Waals surface area contributed by atoms with Crippen molar-refractivity contribution >= 4 is 11.8 Å². The number of aromatic nitrogens is 2. The number of ether oxygens (including phenoxy) is 1. The summed E-state index contributed by atoms with van der Waals surface area (Å²) < 4.78 is 5.90. The molecular weight excluding hydrogens is 290 g/mol. The van der Waals surface area contributed by atoms with Crippen LogP contribution in [0.2, 0.25) is 0 Å². The fraction of sp³-hybridized carbons (Fsp3) is 0.353. The summed E-state index contributed by atoms with van der Waals surface area (Å²) in [5.74, 6) is 1.67. The number of pyridine rings is 2. The van der Waals surface area contributed by atoms with Crippen LogP contribution in [0.25, 0.3) is 0 Å². The quantitative estimate of drug-likeness (QED) is 0.655. The molecular formula is C17H21N5O. The molecule has 0 aromatic carbocycles. The fourth-order valence-corrected chi connectivity index (χ4v) is 2.57. The Morgan fingerprint density at radius 3 is 2.87 bits per heavy atom. The molecule has 0 spiro atoms. The van der Waals surface area contributed by atoms with E-state index in [9.17, 15) is 0 Å². The average molecular weight is 311 g/mol. The summed E-state index contributed by atoms with van der Waals surface area (Å²) in [5, 5.41) is 2.96. The second kappa shape index (κ2) is 7.58. The first kappa shape index (κ1) is 15.3. The number of hydrogen-bond donors (Lipinski definition) is 2. The van der Waals surface area contributed by atoms with Crippen LogP contribution in [-0.2, 0) is 6.54 Å². The molecule has 0 atom stereocenters. The third-order valence-electron chi connectivity index (χ3n) is 3.74. The van der Waals surface area contributed by atoms with Crippen LogP contribution in [-0.4, -0.2) is 22.0 Å². The zero-order chi connectivity index (χ0) is 15.9. The number of nitrogens with one attached hydrogen (secondary N) is 1. The minimum atomic E-state index is 0.303. The van der Waals surface area contributed by atoms with E-state index < -0.39 is 0 Å². The van der Waals surface area contributed by atoms with E-state index in [1.807, 2.05) is 30.3 Å². The van der Waals surface area contributed by atoms with Crippen LogP contribution >= 0.6 is 0 Å². The molecule has 1 fully saturated rings. The molecule has 6 nitrogen and oxygen atoms in total. The van der Waals surface area contributed by atoms with Crippen LogP contribution in [0.15, 0.2) is 47.7 Å². The van der Waals surface area contributed by atoms with Crippen molar-refractivity contribution < 1.29 is 4.74 Å². The Bertz CT molecular complexity index is 653. The second-order valence-electron chi connectivity index (χ2n) is 5.57. The number of hydrogen-bond acceptors (Lipinski definition) is 4. The molecule has 3 rings (SSSR count). The Morgan fingerprint density at radius 2 is 2.09 bits per heavy atom. The van der Waals surface area contributed by atoms with E-state index in [0.717, 1.165) is 18.4 Å². The SMILES string of the molecule is NC(=NCc1ccnc(OC2CCCC2)c1)Nc1ccccn1. The van der Waals surface area contributed by atoms with Crippen LogP contribution in [0.1, 0.15) is 31.2 Å². The van der Waals surface area contributed by atoms with Crippen molar-refractivity contribution in [3.05, 3.63) is 48.3 Å². The largest absolute Gasteiger partial charge is 0.474 e. The van der Waals surface area contributed by atoms with Crippen LogP contribution in [0.4, 0.5) is 5.82 Å². The van der Waals surface area contributed by atoms with E-state index in [2.05, 4.69) is 20.3 Å². The Kier molecular flexibility index (Phi) is 5.03. The Labute approximate surface area is 135 Å². The molecule has 0 amide bonds. The first-order valence-corrected chi connectivity index (χ1v) is 7.89. The van der Waals surface area contributed by atoms with Gasteiger partial charge in [-0.2, -0.15) is 0 Å². The lowest BCUT2D eigenvalue weighted by Crippen LogP contribution is -2.23. The van der Waals surface area contributed by atoms with E-state index in [-0.39, 0.29) is 0 Å². The van der Waals surface area contributed by atoms with Crippen LogP contribution in [0.5, 0.6) is 5.88 Å². The minimum absolute atomic E-state index is 0.303. The van der Waals surface area contributed by atoms with Crippen molar-refractivity contribution in [3.8, 4) is 5.88 Å². The van der Waals surface area contributed by atoms with Gasteiger partial charge in [0.15, 0.2) is 5.96 Å². The van der Waals surface area contributed by atoms with Gasteiger partial charge in [-0.3, -0.25) is 0 Å². The standard InChI is InChI=1S/C17H21N5O/c18-17(22-15-7-3-4-9-19-15)21-12-13-8-10-20-16(11-13)23-14-5-1-2-6-14/h3-4,7-11,14H,1-2,5-6,12H2,(H3,18,19,21,22). The van der Waals surface area contributed by atoms with Crippen molar-refractivity contribution in [2.75, 3.05) is 5.32 Å². The maximum atomic E-state index is 5.90. The molecule has 0 radical (unpaired) electrons. The predicted octanol–water partition coefficient (Wildman–Crippen LogP) is 2.72. The van der Waals surface area contributed by atoms with Gasteiger partial charge in [0, 0.05) is 18.5 Å². The zero-order valence-corrected chi connectivity index (χ0v) is 13.0. The predicted molar refractivity (Wildman–Crippen MR) is 90.3 cm³/mol. The molecule has 1 aliphatic rings. The number of nitrogens with two attached hydrogens (primary N) is 1. The molecule has 0 aliphatic heterocycles. The van der Waals surface area contributed by atoms with Crippen molar-refractivity contribution in [1.29, 1.82) is 0 Å². The van der Waals surface area contributed by atoms with Gasteiger partial charge in [-0.15, -0.1) is 0 Å². The number of anilines is 1. The van der Waals surface area contributed by atoms with Crippen molar-refractivity contribution in [2.45, 2.75) is 38.3 Å². The number of nitrogens with zero attached hydrogens (tertiary/aromatic N) is 3. The number of aliphatic imine (C=N–C) groups is 1. The summed E-state index contributed by atoms with van der Waals surface area (Å²) >= 11 is 0. The van der Waals surface area contributed by atoms with E-state index in [1.165, 1.54) is 12.8 Å². The topological polar surface area (TPSA) is 85.4 Å². The molecule has 1 saturated carbocycles. The van der Waals surface area contributed by atoms with Gasteiger partial charge in [0.25, 0.3) is 0 Å². The van der Waals surface area contributed by atoms with Gasteiger partial charge >= 0.3 is 0 Å². The molecule has 23 heavy (non-hydrogen) atoms. The van der Waals surface area contributed by atoms with Gasteiger partial charge in [-0.25, -0.2) is 15.0 Å². The monoisotopic (exact) mass is 311 g/mol. The molecule has 2 aromatic heterocycles. The van der Waals surface area contributed by atoms with E-state index in [1.54, 1.807) is 12.4 Å². The van der Waals surface area contributed by atoms with Crippen molar-refractivity contribution in [1.82, 2.24) is 9.97 Å². The Morgan fingerprint density at radius 1 is 1.22 bits per heavy atom. The summed E-state index contributed by atoms with van der Waals surface area (Å²) in [4.78, 5) is 12.7. The van der Waals surface area contributed by atoms with Crippen molar-refractivity contribution in [2.24, 2.45) is 10.7 Å². The Balaban J connectivity index is 1.57. The third kappa shape index (κ3) is 4.67. The van der Waals surface area contributed by atoms with Gasteiger partial charge in [0.1, 0.15) is 11.9 Å². The van der Waals surface area contributed by atoms with Gasteiger partial charge in [0.05, 0.1) is 6.54 Å². The molecule has 0 bridgehead atoms. The number of rotatable bonds is 5. The smallest absolute Gasteiger partial charge is 0.213 e. The average Bonchev–Trinajstić information content (AvgIpc) is 3.07. The highest BCUT2D eigenvalue weighted by Gasteiger charge is 2.16. The normalized spacial score (nSPS) is 15.6. The molecule has 1 aliphatic carbocycles. The summed E-state index contributed by atoms with van der Waals surface area (Å²) in [6, 6.07) is 9.41. The molecule has 3 N–H and O–H groups in total. The van der Waals surface area contributed by atoms with Gasteiger partial charge in [-0.1, -0.05) is 6.07 Å². The highest BCUT2D eigenvalue weighted by Crippen LogP contribution is 2.23. The lowest BCUT2D eigenvalue weighted by atomic mass is 10.2. The lowest BCUT2D eigenvalue weighted by Gasteiger charge is -2.12. The van der Waals surface area contributed by atoms with Crippen LogP contribution in [0.3, 0.4) is 0 Å². The Hall–Kier alpha value is -2.63. The number of guanidine groups is 1. The first-order chi connectivity index (χ1) is 11.3. The van der Waals surface area contributed by atoms with Crippen LogP contribution in [0, 0.1) is 0 Å². The molecule has 0 unspecified atom stereocenters. The second-order valence-corrected chi connectivity index (χ2v) is 5.57. The molecule has 6 heteroatoms. The fourth-order valence-electron chi connectivity index (χ4n) is 2.57. The highest BCUT2D eigenvalue weighted by molar-refractivity contribution is 5.91. The summed E-state index contributed by atoms with van der Waals surface area (Å²) in [6.07, 6.45) is 8.46.